The van der Waals surface area contributed by atoms with E-state index in [1.807, 2.05) is 36.4 Å². The van der Waals surface area contributed by atoms with E-state index < -0.39 is 0 Å². The average Bonchev–Trinajstić information content (AvgIpc) is 2.77. The van der Waals surface area contributed by atoms with E-state index in [0.29, 0.717) is 29.0 Å². The van der Waals surface area contributed by atoms with Crippen LogP contribution in [0.3, 0.4) is 0 Å². The van der Waals surface area contributed by atoms with Crippen LogP contribution in [0.2, 0.25) is 0 Å². The van der Waals surface area contributed by atoms with Crippen molar-refractivity contribution in [1.29, 1.82) is 0 Å². The van der Waals surface area contributed by atoms with Gasteiger partial charge >= 0.3 is 0 Å². The Bertz CT molecular complexity index is 909. The minimum absolute atomic E-state index is 0.545. The maximum atomic E-state index is 5.42. The van der Waals surface area contributed by atoms with Crippen molar-refractivity contribution in [3.05, 3.63) is 60.3 Å². The predicted octanol–water partition coefficient (Wildman–Crippen LogP) is 4.27. The summed E-state index contributed by atoms with van der Waals surface area (Å²) in [6.45, 7) is 3.62. The van der Waals surface area contributed by atoms with E-state index in [1.165, 1.54) is 5.56 Å². The molecule has 7 heteroatoms. The lowest BCUT2D eigenvalue weighted by molar-refractivity contribution is 0.324. The molecule has 152 valence electrons. The Morgan fingerprint density at radius 1 is 0.931 bits per heavy atom. The summed E-state index contributed by atoms with van der Waals surface area (Å²) < 4.78 is 16.2. The Balaban J connectivity index is 1.84. The minimum atomic E-state index is 0.545. The van der Waals surface area contributed by atoms with E-state index in [0.717, 1.165) is 18.8 Å². The van der Waals surface area contributed by atoms with Gasteiger partial charge in [0.05, 0.1) is 21.3 Å². The maximum Gasteiger partial charge on any atom is 0.227 e. The second kappa shape index (κ2) is 9.64. The molecule has 0 unspecified atom stereocenters. The minimum Gasteiger partial charge on any atom is -0.493 e. The molecule has 0 amide bonds. The fraction of sp³-hybridized carbons (Fsp3) is 0.273. The molecule has 0 aliphatic heterocycles. The van der Waals surface area contributed by atoms with Gasteiger partial charge in [-0.1, -0.05) is 30.3 Å². The van der Waals surface area contributed by atoms with Crippen LogP contribution in [0.5, 0.6) is 17.2 Å². The van der Waals surface area contributed by atoms with Crippen LogP contribution in [0.1, 0.15) is 12.5 Å². The molecule has 1 aromatic heterocycles. The van der Waals surface area contributed by atoms with E-state index in [9.17, 15) is 0 Å². The summed E-state index contributed by atoms with van der Waals surface area (Å²) in [5.41, 5.74) is 1.98. The molecule has 1 heterocycles. The van der Waals surface area contributed by atoms with E-state index in [-0.39, 0.29) is 0 Å². The highest BCUT2D eigenvalue weighted by Crippen LogP contribution is 2.40. The summed E-state index contributed by atoms with van der Waals surface area (Å²) in [5.74, 6) is 3.03. The fourth-order valence-electron chi connectivity index (χ4n) is 3.00. The molecule has 3 rings (SSSR count). The zero-order chi connectivity index (χ0) is 20.6. The average molecular weight is 394 g/mol. The van der Waals surface area contributed by atoms with Gasteiger partial charge in [0.2, 0.25) is 11.7 Å². The first-order valence-corrected chi connectivity index (χ1v) is 9.37. The first kappa shape index (κ1) is 20.3. The Morgan fingerprint density at radius 3 is 2.21 bits per heavy atom. The van der Waals surface area contributed by atoms with E-state index in [2.05, 4.69) is 39.2 Å². The van der Waals surface area contributed by atoms with Gasteiger partial charge in [-0.05, 0) is 18.6 Å². The highest BCUT2D eigenvalue weighted by molar-refractivity contribution is 5.67. The number of rotatable bonds is 9. The van der Waals surface area contributed by atoms with Crippen LogP contribution < -0.4 is 24.4 Å². The maximum absolute atomic E-state index is 5.42. The largest absolute Gasteiger partial charge is 0.493 e. The van der Waals surface area contributed by atoms with Crippen LogP contribution in [0.4, 0.5) is 17.5 Å². The van der Waals surface area contributed by atoms with Gasteiger partial charge < -0.3 is 24.4 Å². The summed E-state index contributed by atoms with van der Waals surface area (Å²) >= 11 is 0. The van der Waals surface area contributed by atoms with Crippen molar-refractivity contribution in [2.75, 3.05) is 38.1 Å². The quantitative estimate of drug-likeness (QED) is 0.581. The molecule has 29 heavy (non-hydrogen) atoms. The molecule has 0 fully saturated rings. The Hall–Kier alpha value is -3.48. The molecule has 0 spiro atoms. The lowest BCUT2D eigenvalue weighted by atomic mass is 10.2. The number of hydrogen-bond donors (Lipinski definition) is 1. The van der Waals surface area contributed by atoms with Gasteiger partial charge in [0.15, 0.2) is 11.5 Å². The van der Waals surface area contributed by atoms with Crippen LogP contribution in [0, 0.1) is 0 Å². The van der Waals surface area contributed by atoms with Gasteiger partial charge in [0.25, 0.3) is 0 Å². The Labute approximate surface area is 171 Å². The topological polar surface area (TPSA) is 68.7 Å². The zero-order valence-electron chi connectivity index (χ0n) is 17.2. The van der Waals surface area contributed by atoms with Crippen molar-refractivity contribution < 1.29 is 14.2 Å². The van der Waals surface area contributed by atoms with Crippen LogP contribution in [-0.2, 0) is 6.54 Å². The molecular formula is C22H26N4O3. The number of benzene rings is 2. The fourth-order valence-corrected chi connectivity index (χ4v) is 3.00. The summed E-state index contributed by atoms with van der Waals surface area (Å²) in [4.78, 5) is 11.2. The number of nitrogens with zero attached hydrogens (tertiary/aromatic N) is 3. The highest BCUT2D eigenvalue weighted by atomic mass is 16.5. The Kier molecular flexibility index (Phi) is 6.73. The van der Waals surface area contributed by atoms with E-state index in [1.54, 1.807) is 27.5 Å². The molecule has 0 bridgehead atoms. The monoisotopic (exact) mass is 394 g/mol. The molecule has 0 atom stereocenters. The van der Waals surface area contributed by atoms with E-state index >= 15 is 0 Å². The second-order valence-electron chi connectivity index (χ2n) is 6.28. The van der Waals surface area contributed by atoms with Crippen molar-refractivity contribution in [2.24, 2.45) is 0 Å². The molecule has 3 aromatic rings. The number of anilines is 3. The highest BCUT2D eigenvalue weighted by Gasteiger charge is 2.14. The Morgan fingerprint density at radius 2 is 1.62 bits per heavy atom. The molecule has 0 aliphatic rings. The van der Waals surface area contributed by atoms with Crippen LogP contribution in [0.15, 0.2) is 54.7 Å². The first-order chi connectivity index (χ1) is 14.2. The molecule has 1 N–H and O–H groups in total. The van der Waals surface area contributed by atoms with Gasteiger partial charge in [-0.15, -0.1) is 0 Å². The van der Waals surface area contributed by atoms with Crippen LogP contribution in [0.25, 0.3) is 0 Å². The summed E-state index contributed by atoms with van der Waals surface area (Å²) in [5, 5.41) is 3.29. The molecule has 0 aliphatic carbocycles. The summed E-state index contributed by atoms with van der Waals surface area (Å²) in [6.07, 6.45) is 1.75. The zero-order valence-corrected chi connectivity index (χ0v) is 17.2. The summed E-state index contributed by atoms with van der Waals surface area (Å²) in [6, 6.07) is 15.8. The van der Waals surface area contributed by atoms with Crippen molar-refractivity contribution >= 4 is 17.5 Å². The van der Waals surface area contributed by atoms with Gasteiger partial charge in [-0.2, -0.15) is 4.98 Å². The molecule has 0 saturated heterocycles. The number of nitrogens with one attached hydrogen (secondary N) is 1. The second-order valence-corrected chi connectivity index (χ2v) is 6.28. The van der Waals surface area contributed by atoms with Crippen molar-refractivity contribution in [3.63, 3.8) is 0 Å². The molecule has 0 saturated carbocycles. The van der Waals surface area contributed by atoms with Gasteiger partial charge in [0.1, 0.15) is 5.82 Å². The molecule has 0 radical (unpaired) electrons. The van der Waals surface area contributed by atoms with Gasteiger partial charge in [-0.3, -0.25) is 0 Å². The third-order valence-corrected chi connectivity index (χ3v) is 4.46. The lowest BCUT2D eigenvalue weighted by Gasteiger charge is -2.21. The molecular weight excluding hydrogens is 368 g/mol. The van der Waals surface area contributed by atoms with Crippen molar-refractivity contribution in [1.82, 2.24) is 9.97 Å². The number of methoxy groups -OCH3 is 3. The standard InChI is InChI=1S/C22H26N4O3/c1-5-26(15-16-9-7-6-8-10-16)22-23-12-11-20(25-22)24-17-13-18(27-2)21(29-4)19(14-17)28-3/h6-14H,5,15H2,1-4H3,(H,23,24,25). The third-order valence-electron chi connectivity index (χ3n) is 4.46. The number of aromatic nitrogens is 2. The number of ether oxygens (including phenoxy) is 3. The van der Waals surface area contributed by atoms with Crippen LogP contribution in [-0.4, -0.2) is 37.8 Å². The van der Waals surface area contributed by atoms with Crippen LogP contribution >= 0.6 is 0 Å². The first-order valence-electron chi connectivity index (χ1n) is 9.37. The lowest BCUT2D eigenvalue weighted by Crippen LogP contribution is -2.24. The van der Waals surface area contributed by atoms with Crippen molar-refractivity contribution in [2.45, 2.75) is 13.5 Å². The molecule has 2 aromatic carbocycles. The third kappa shape index (κ3) is 4.87. The number of hydrogen-bond acceptors (Lipinski definition) is 7. The predicted molar refractivity (Wildman–Crippen MR) is 115 cm³/mol. The van der Waals surface area contributed by atoms with Gasteiger partial charge in [-0.25, -0.2) is 4.98 Å². The normalized spacial score (nSPS) is 10.3. The van der Waals surface area contributed by atoms with E-state index in [4.69, 9.17) is 14.2 Å². The van der Waals surface area contributed by atoms with Gasteiger partial charge in [0, 0.05) is 37.1 Å². The smallest absolute Gasteiger partial charge is 0.227 e. The SMILES string of the molecule is CCN(Cc1ccccc1)c1nccc(Nc2cc(OC)c(OC)c(OC)c2)n1. The summed E-state index contributed by atoms with van der Waals surface area (Å²) in [7, 11) is 4.76. The van der Waals surface area contributed by atoms with Crippen molar-refractivity contribution in [3.8, 4) is 17.2 Å². The molecule has 7 nitrogen and oxygen atoms in total.